The second-order valence-corrected chi connectivity index (χ2v) is 5.42. The number of benzene rings is 1. The van der Waals surface area contributed by atoms with E-state index in [0.717, 1.165) is 17.3 Å². The van der Waals surface area contributed by atoms with Gasteiger partial charge in [-0.3, -0.25) is 4.79 Å². The molecule has 0 aliphatic carbocycles. The van der Waals surface area contributed by atoms with Crippen molar-refractivity contribution in [3.8, 4) is 0 Å². The summed E-state index contributed by atoms with van der Waals surface area (Å²) in [6, 6.07) is 6.47. The van der Waals surface area contributed by atoms with Gasteiger partial charge in [0.1, 0.15) is 6.04 Å². The summed E-state index contributed by atoms with van der Waals surface area (Å²) >= 11 is 6.86. The predicted molar refractivity (Wildman–Crippen MR) is 79.7 cm³/mol. The molecule has 1 amide bonds. The summed E-state index contributed by atoms with van der Waals surface area (Å²) < 4.78 is 12.7. The zero-order valence-electron chi connectivity index (χ0n) is 11.4. The quantitative estimate of drug-likeness (QED) is 0.786. The zero-order valence-corrected chi connectivity index (χ0v) is 12.9. The van der Waals surface area contributed by atoms with Gasteiger partial charge in [0.2, 0.25) is 5.89 Å². The van der Waals surface area contributed by atoms with Crippen molar-refractivity contribution >= 4 is 29.2 Å². The summed E-state index contributed by atoms with van der Waals surface area (Å²) in [5, 5.41) is 7.30. The second kappa shape index (κ2) is 6.20. The van der Waals surface area contributed by atoms with Crippen molar-refractivity contribution in [2.45, 2.75) is 13.0 Å². The maximum absolute atomic E-state index is 12.2. The number of aromatic nitrogens is 4. The Hall–Kier alpha value is -2.32. The zero-order chi connectivity index (χ0) is 15.5. The lowest BCUT2D eigenvalue weighted by Crippen LogP contribution is -2.30. The van der Waals surface area contributed by atoms with Crippen molar-refractivity contribution in [3.63, 3.8) is 0 Å². The van der Waals surface area contributed by atoms with Gasteiger partial charge in [0.15, 0.2) is 11.5 Å². The number of aryl methyl sites for hydroxylation is 1. The molecular weight excluding hydrogens is 326 g/mol. The molecule has 1 N–H and O–H groups in total. The normalized spacial score (nSPS) is 12.1. The minimum Gasteiger partial charge on any atom is -0.340 e. The van der Waals surface area contributed by atoms with Gasteiger partial charge in [0.25, 0.3) is 5.91 Å². The van der Waals surface area contributed by atoms with Crippen LogP contribution in [0.1, 0.15) is 33.8 Å². The van der Waals surface area contributed by atoms with Crippen LogP contribution in [0, 0.1) is 6.92 Å². The van der Waals surface area contributed by atoms with Crippen molar-refractivity contribution in [1.82, 2.24) is 24.2 Å². The fourth-order valence-corrected chi connectivity index (χ4v) is 2.39. The number of nitrogens with one attached hydrogen (secondary N) is 1. The third-order valence-corrected chi connectivity index (χ3v) is 3.60. The Morgan fingerprint density at radius 1 is 1.36 bits per heavy atom. The summed E-state index contributed by atoms with van der Waals surface area (Å²) in [4.78, 5) is 16.4. The monoisotopic (exact) mass is 335 g/mol. The Morgan fingerprint density at radius 2 is 2.14 bits per heavy atom. The first-order valence-corrected chi connectivity index (χ1v) is 7.38. The fraction of sp³-hybridized carbons (Fsp3) is 0.154. The van der Waals surface area contributed by atoms with Crippen LogP contribution in [0.15, 0.2) is 35.0 Å². The van der Waals surface area contributed by atoms with Crippen molar-refractivity contribution in [1.29, 1.82) is 0 Å². The molecule has 0 aliphatic heterocycles. The summed E-state index contributed by atoms with van der Waals surface area (Å²) in [5.74, 6) is 0.408. The van der Waals surface area contributed by atoms with Crippen LogP contribution in [0.4, 0.5) is 0 Å². The molecule has 0 unspecified atom stereocenters. The van der Waals surface area contributed by atoms with Gasteiger partial charge >= 0.3 is 0 Å². The second-order valence-electron chi connectivity index (χ2n) is 4.42. The number of carbonyl (C=O) groups excluding carboxylic acids is 1. The van der Waals surface area contributed by atoms with Crippen molar-refractivity contribution in [3.05, 3.63) is 58.5 Å². The first-order chi connectivity index (χ1) is 10.6. The predicted octanol–water partition coefficient (Wildman–Crippen LogP) is 2.40. The molecule has 7 nitrogen and oxygen atoms in total. The Kier molecular flexibility index (Phi) is 4.12. The lowest BCUT2D eigenvalue weighted by molar-refractivity contribution is 0.0937. The molecule has 3 rings (SSSR count). The lowest BCUT2D eigenvalue weighted by atomic mass is 10.1. The highest BCUT2D eigenvalue weighted by molar-refractivity contribution is 6.99. The molecule has 22 heavy (non-hydrogen) atoms. The first-order valence-electron chi connectivity index (χ1n) is 6.27. The smallest absolute Gasteiger partial charge is 0.273 e. The number of halogens is 1. The number of amides is 1. The Morgan fingerprint density at radius 3 is 2.73 bits per heavy atom. The highest BCUT2D eigenvalue weighted by Gasteiger charge is 2.23. The van der Waals surface area contributed by atoms with Crippen LogP contribution in [0.2, 0.25) is 5.02 Å². The highest BCUT2D eigenvalue weighted by atomic mass is 35.5. The van der Waals surface area contributed by atoms with Gasteiger partial charge < -0.3 is 9.84 Å². The molecule has 3 aromatic rings. The van der Waals surface area contributed by atoms with Crippen LogP contribution in [0.5, 0.6) is 0 Å². The summed E-state index contributed by atoms with van der Waals surface area (Å²) in [6.07, 6.45) is 1.40. The number of nitrogens with zero attached hydrogens (tertiary/aromatic N) is 4. The van der Waals surface area contributed by atoms with Gasteiger partial charge in [-0.25, -0.2) is 0 Å². The molecule has 0 fully saturated rings. The molecule has 0 bridgehead atoms. The maximum atomic E-state index is 12.2. The lowest BCUT2D eigenvalue weighted by Gasteiger charge is -2.15. The van der Waals surface area contributed by atoms with E-state index in [9.17, 15) is 4.79 Å². The average molecular weight is 336 g/mol. The van der Waals surface area contributed by atoms with Crippen LogP contribution in [0.25, 0.3) is 0 Å². The molecule has 1 aromatic carbocycles. The molecule has 0 spiro atoms. The van der Waals surface area contributed by atoms with Gasteiger partial charge in [0.05, 0.1) is 17.9 Å². The van der Waals surface area contributed by atoms with E-state index in [-0.39, 0.29) is 11.6 Å². The van der Waals surface area contributed by atoms with Crippen LogP contribution < -0.4 is 5.32 Å². The van der Waals surface area contributed by atoms with E-state index in [0.29, 0.717) is 16.7 Å². The van der Waals surface area contributed by atoms with Gasteiger partial charge in [-0.15, -0.1) is 0 Å². The standard InChI is InChI=1S/C13H10ClN5O2S/c1-7-16-12(18-21-7)11(8-2-4-9(14)5-3-8)17-13(20)10-6-15-22-19-10/h2-6,11H,1H3,(H,17,20)/t11-/m0/s1. The molecule has 1 atom stereocenters. The number of hydrogen-bond donors (Lipinski definition) is 1. The molecule has 9 heteroatoms. The molecule has 0 radical (unpaired) electrons. The van der Waals surface area contributed by atoms with E-state index in [4.69, 9.17) is 16.1 Å². The van der Waals surface area contributed by atoms with E-state index in [1.807, 2.05) is 0 Å². The molecule has 0 aliphatic rings. The van der Waals surface area contributed by atoms with Crippen LogP contribution >= 0.6 is 23.3 Å². The maximum Gasteiger partial charge on any atom is 0.273 e. The fourth-order valence-electron chi connectivity index (χ4n) is 1.85. The third-order valence-electron chi connectivity index (χ3n) is 2.87. The largest absolute Gasteiger partial charge is 0.340 e. The SMILES string of the molecule is Cc1nc([C@@H](NC(=O)c2cnsn2)c2ccc(Cl)cc2)no1. The number of carbonyl (C=O) groups is 1. The van der Waals surface area contributed by atoms with Gasteiger partial charge in [-0.1, -0.05) is 28.9 Å². The van der Waals surface area contributed by atoms with Crippen molar-refractivity contribution in [2.24, 2.45) is 0 Å². The van der Waals surface area contributed by atoms with Gasteiger partial charge in [0, 0.05) is 11.9 Å². The van der Waals surface area contributed by atoms with Crippen molar-refractivity contribution in [2.75, 3.05) is 0 Å². The van der Waals surface area contributed by atoms with Gasteiger partial charge in [-0.05, 0) is 17.7 Å². The van der Waals surface area contributed by atoms with Crippen LogP contribution in [0.3, 0.4) is 0 Å². The minimum absolute atomic E-state index is 0.240. The first kappa shape index (κ1) is 14.6. The van der Waals surface area contributed by atoms with E-state index in [2.05, 4.69) is 24.2 Å². The Labute approximate surface area is 134 Å². The van der Waals surface area contributed by atoms with Crippen LogP contribution in [-0.4, -0.2) is 24.8 Å². The van der Waals surface area contributed by atoms with Gasteiger partial charge in [-0.2, -0.15) is 13.7 Å². The van der Waals surface area contributed by atoms with E-state index < -0.39 is 6.04 Å². The average Bonchev–Trinajstić information content (AvgIpc) is 3.17. The highest BCUT2D eigenvalue weighted by Crippen LogP contribution is 2.22. The number of hydrogen-bond acceptors (Lipinski definition) is 7. The third kappa shape index (κ3) is 3.12. The molecule has 2 heterocycles. The molecule has 0 saturated heterocycles. The van der Waals surface area contributed by atoms with E-state index in [1.165, 1.54) is 6.20 Å². The number of rotatable bonds is 4. The van der Waals surface area contributed by atoms with E-state index in [1.54, 1.807) is 31.2 Å². The molecule has 2 aromatic heterocycles. The van der Waals surface area contributed by atoms with Crippen LogP contribution in [-0.2, 0) is 0 Å². The molecule has 112 valence electrons. The molecular formula is C13H10ClN5O2S. The Bertz CT molecular complexity index is 772. The summed E-state index contributed by atoms with van der Waals surface area (Å²) in [5.41, 5.74) is 1.02. The topological polar surface area (TPSA) is 93.8 Å². The minimum atomic E-state index is -0.566. The summed E-state index contributed by atoms with van der Waals surface area (Å²) in [7, 11) is 0. The van der Waals surface area contributed by atoms with E-state index >= 15 is 0 Å². The van der Waals surface area contributed by atoms with Crippen molar-refractivity contribution < 1.29 is 9.32 Å². The Balaban J connectivity index is 1.92. The molecule has 0 saturated carbocycles. The summed E-state index contributed by atoms with van der Waals surface area (Å²) in [6.45, 7) is 1.68.